The molecule has 5 rings (SSSR count). The van der Waals surface area contributed by atoms with Gasteiger partial charge in [-0.3, -0.25) is 4.79 Å². The van der Waals surface area contributed by atoms with Gasteiger partial charge in [0.2, 0.25) is 5.91 Å². The third-order valence-electron chi connectivity index (χ3n) is 6.34. The zero-order valence-electron chi connectivity index (χ0n) is 18.3. The van der Waals surface area contributed by atoms with E-state index in [1.54, 1.807) is 35.0 Å². The largest absolute Gasteiger partial charge is 0.368 e. The van der Waals surface area contributed by atoms with Crippen molar-refractivity contribution in [3.05, 3.63) is 75.1 Å². The molecule has 1 saturated heterocycles. The minimum absolute atomic E-state index is 0.0339. The lowest BCUT2D eigenvalue weighted by Gasteiger charge is -2.40. The molecule has 1 aromatic heterocycles. The van der Waals surface area contributed by atoms with Gasteiger partial charge in [-0.2, -0.15) is 5.10 Å². The smallest absolute Gasteiger partial charge is 0.234 e. The summed E-state index contributed by atoms with van der Waals surface area (Å²) in [7, 11) is 0. The summed E-state index contributed by atoms with van der Waals surface area (Å²) in [6.45, 7) is 4.24. The van der Waals surface area contributed by atoms with E-state index in [0.29, 0.717) is 52.9 Å². The topological polar surface area (TPSA) is 53.7 Å². The number of piperazine rings is 1. The number of halogens is 4. The molecule has 2 aliphatic rings. The van der Waals surface area contributed by atoms with Crippen LogP contribution in [-0.2, 0) is 4.79 Å². The third-order valence-corrected chi connectivity index (χ3v) is 7.26. The van der Waals surface area contributed by atoms with Gasteiger partial charge in [0.1, 0.15) is 11.7 Å². The summed E-state index contributed by atoms with van der Waals surface area (Å²) in [5.74, 6) is -0.286. The number of fused-ring (bicyclic) bond motifs is 1. The van der Waals surface area contributed by atoms with Crippen LogP contribution >= 0.6 is 34.8 Å². The van der Waals surface area contributed by atoms with Crippen LogP contribution in [0.2, 0.25) is 15.2 Å². The maximum atomic E-state index is 13.8. The number of carbonyl (C=O) groups excluding carboxylic acids is 1. The highest BCUT2D eigenvalue weighted by molar-refractivity contribution is 6.42. The van der Waals surface area contributed by atoms with E-state index in [1.165, 1.54) is 12.1 Å². The number of benzene rings is 2. The third kappa shape index (κ3) is 4.28. The molecule has 1 amide bonds. The van der Waals surface area contributed by atoms with Crippen LogP contribution in [0.5, 0.6) is 0 Å². The second-order valence-electron chi connectivity index (χ2n) is 8.41. The first kappa shape index (κ1) is 23.1. The van der Waals surface area contributed by atoms with Crippen LogP contribution in [0.1, 0.15) is 18.5 Å². The Bertz CT molecular complexity index is 1270. The molecule has 0 bridgehead atoms. The molecule has 0 saturated carbocycles. The fourth-order valence-electron chi connectivity index (χ4n) is 4.64. The molecule has 2 aromatic carbocycles. The van der Waals surface area contributed by atoms with Crippen molar-refractivity contribution in [1.82, 2.24) is 14.7 Å². The lowest BCUT2D eigenvalue weighted by atomic mass is 9.87. The number of hydrogen-bond acceptors (Lipinski definition) is 4. The van der Waals surface area contributed by atoms with Crippen LogP contribution in [0.3, 0.4) is 0 Å². The lowest BCUT2D eigenvalue weighted by molar-refractivity contribution is -0.134. The van der Waals surface area contributed by atoms with Gasteiger partial charge in [0.25, 0.3) is 0 Å². The van der Waals surface area contributed by atoms with Gasteiger partial charge in [-0.15, -0.1) is 0 Å². The van der Waals surface area contributed by atoms with Crippen molar-refractivity contribution in [3.8, 4) is 0 Å². The Labute approximate surface area is 211 Å². The second kappa shape index (κ2) is 9.21. The fraction of sp³-hybridized carbons (Fsp3) is 0.292. The molecular weight excluding hydrogens is 500 g/mol. The second-order valence-corrected chi connectivity index (χ2v) is 9.61. The van der Waals surface area contributed by atoms with Crippen LogP contribution in [-0.4, -0.2) is 52.5 Å². The molecule has 2 atom stereocenters. The number of rotatable bonds is 3. The summed E-state index contributed by atoms with van der Waals surface area (Å²) in [6, 6.07) is 13.0. The van der Waals surface area contributed by atoms with Gasteiger partial charge in [-0.05, 0) is 48.9 Å². The van der Waals surface area contributed by atoms with Crippen LogP contribution in [0.15, 0.2) is 53.5 Å². The van der Waals surface area contributed by atoms with Crippen molar-refractivity contribution in [2.75, 3.05) is 31.1 Å². The van der Waals surface area contributed by atoms with Gasteiger partial charge in [-0.1, -0.05) is 40.9 Å². The van der Waals surface area contributed by atoms with Gasteiger partial charge in [0.05, 0.1) is 16.1 Å². The quantitative estimate of drug-likeness (QED) is 0.449. The van der Waals surface area contributed by atoms with E-state index < -0.39 is 12.0 Å². The van der Waals surface area contributed by atoms with Crippen molar-refractivity contribution in [1.29, 1.82) is 0 Å². The molecule has 176 valence electrons. The molecule has 1 fully saturated rings. The molecule has 0 N–H and O–H groups in total. The van der Waals surface area contributed by atoms with Gasteiger partial charge >= 0.3 is 0 Å². The molecule has 6 nitrogen and oxygen atoms in total. The molecular formula is C24H21Cl3FN5O. The molecule has 2 aliphatic heterocycles. The monoisotopic (exact) mass is 519 g/mol. The predicted octanol–water partition coefficient (Wildman–Crippen LogP) is 5.64. The standard InChI is InChI=1S/C24H21Cl3FN5O/c1-14-22(24(34)32-10-8-31(9-11-32)17-5-3-16(28)4-6-17)23(15-2-7-18(25)19(26)12-15)33-21(29-14)13-20(27)30-33/h2-7,12-13,22-23H,8-11H2,1H3. The van der Waals surface area contributed by atoms with Crippen LogP contribution in [0.25, 0.3) is 0 Å². The molecule has 3 aromatic rings. The Hall–Kier alpha value is -2.61. The van der Waals surface area contributed by atoms with E-state index in [0.717, 1.165) is 11.3 Å². The number of hydrogen-bond donors (Lipinski definition) is 0. The Kier molecular flexibility index (Phi) is 6.27. The molecule has 34 heavy (non-hydrogen) atoms. The van der Waals surface area contributed by atoms with Gasteiger partial charge in [0.15, 0.2) is 11.0 Å². The van der Waals surface area contributed by atoms with Crippen molar-refractivity contribution >= 4 is 57.9 Å². The summed E-state index contributed by atoms with van der Waals surface area (Å²) in [4.78, 5) is 22.5. The number of carbonyl (C=O) groups is 1. The average Bonchev–Trinajstić information content (AvgIpc) is 3.19. The van der Waals surface area contributed by atoms with E-state index in [1.807, 2.05) is 17.9 Å². The predicted molar refractivity (Wildman–Crippen MR) is 133 cm³/mol. The summed E-state index contributed by atoms with van der Waals surface area (Å²) in [5.41, 5.74) is 2.42. The number of anilines is 1. The highest BCUT2D eigenvalue weighted by Crippen LogP contribution is 2.40. The highest BCUT2D eigenvalue weighted by atomic mass is 35.5. The van der Waals surface area contributed by atoms with E-state index in [9.17, 15) is 9.18 Å². The van der Waals surface area contributed by atoms with Crippen LogP contribution in [0, 0.1) is 11.7 Å². The SMILES string of the molecule is CC1=Nc2cc(Cl)nn2C(c2ccc(Cl)c(Cl)c2)C1C(=O)N1CCN(c2ccc(F)cc2)CC1. The number of amides is 1. The van der Waals surface area contributed by atoms with Crippen molar-refractivity contribution in [2.45, 2.75) is 13.0 Å². The lowest BCUT2D eigenvalue weighted by Crippen LogP contribution is -2.53. The summed E-state index contributed by atoms with van der Waals surface area (Å²) >= 11 is 18.7. The van der Waals surface area contributed by atoms with E-state index in [4.69, 9.17) is 34.8 Å². The molecule has 0 aliphatic carbocycles. The first-order valence-corrected chi connectivity index (χ1v) is 12.0. The Morgan fingerprint density at radius 1 is 0.971 bits per heavy atom. The van der Waals surface area contributed by atoms with Gasteiger partial charge in [0, 0.05) is 43.6 Å². The van der Waals surface area contributed by atoms with Crippen molar-refractivity contribution in [3.63, 3.8) is 0 Å². The molecule has 2 unspecified atom stereocenters. The van der Waals surface area contributed by atoms with Gasteiger partial charge < -0.3 is 9.80 Å². The van der Waals surface area contributed by atoms with E-state index >= 15 is 0 Å². The normalized spacial score (nSPS) is 20.2. The van der Waals surface area contributed by atoms with Crippen molar-refractivity contribution in [2.24, 2.45) is 10.9 Å². The number of aromatic nitrogens is 2. The zero-order valence-corrected chi connectivity index (χ0v) is 20.5. The average molecular weight is 521 g/mol. The first-order valence-electron chi connectivity index (χ1n) is 10.9. The summed E-state index contributed by atoms with van der Waals surface area (Å²) < 4.78 is 15.0. The van der Waals surface area contributed by atoms with Crippen molar-refractivity contribution < 1.29 is 9.18 Å². The molecule has 3 heterocycles. The van der Waals surface area contributed by atoms with Crippen LogP contribution < -0.4 is 4.90 Å². The fourth-order valence-corrected chi connectivity index (χ4v) is 5.13. The Morgan fingerprint density at radius 2 is 1.68 bits per heavy atom. The maximum Gasteiger partial charge on any atom is 0.234 e. The number of nitrogens with zero attached hydrogens (tertiary/aromatic N) is 5. The highest BCUT2D eigenvalue weighted by Gasteiger charge is 2.41. The zero-order chi connectivity index (χ0) is 24.0. The molecule has 0 radical (unpaired) electrons. The minimum atomic E-state index is -0.571. The number of aliphatic imine (C=N–C) groups is 1. The minimum Gasteiger partial charge on any atom is -0.368 e. The Balaban J connectivity index is 1.43. The first-order chi connectivity index (χ1) is 16.3. The van der Waals surface area contributed by atoms with Gasteiger partial charge in [-0.25, -0.2) is 14.1 Å². The maximum absolute atomic E-state index is 13.8. The molecule has 10 heteroatoms. The summed E-state index contributed by atoms with van der Waals surface area (Å²) in [6.07, 6.45) is 0. The van der Waals surface area contributed by atoms with E-state index in [2.05, 4.69) is 15.0 Å². The molecule has 0 spiro atoms. The Morgan fingerprint density at radius 3 is 2.35 bits per heavy atom. The van der Waals surface area contributed by atoms with Crippen LogP contribution in [0.4, 0.5) is 15.9 Å². The summed E-state index contributed by atoms with van der Waals surface area (Å²) in [5, 5.41) is 5.56. The van der Waals surface area contributed by atoms with E-state index in [-0.39, 0.29) is 11.7 Å².